The van der Waals surface area contributed by atoms with Gasteiger partial charge in [-0.15, -0.1) is 0 Å². The molecule has 2 aromatic carbocycles. The van der Waals surface area contributed by atoms with Crippen LogP contribution in [0.5, 0.6) is 5.75 Å². The summed E-state index contributed by atoms with van der Waals surface area (Å²) >= 11 is 1.29. The van der Waals surface area contributed by atoms with Gasteiger partial charge in [0.15, 0.2) is 10.7 Å². The first-order chi connectivity index (χ1) is 20.4. The molecule has 0 bridgehead atoms. The molecule has 0 unspecified atom stereocenters. The Morgan fingerprint density at radius 2 is 1.88 bits per heavy atom. The van der Waals surface area contributed by atoms with E-state index in [1.54, 1.807) is 22.7 Å². The SMILES string of the molecule is CCN(CC)C(=O)C1=C(C)N=c2s/c(=C/c3ccc(N4CCOCC4)o3)c(=O)n2[C@@H]1c1c(OC)ccc2ccccc12. The van der Waals surface area contributed by atoms with E-state index in [4.69, 9.17) is 18.9 Å². The van der Waals surface area contributed by atoms with Crippen LogP contribution in [0.2, 0.25) is 0 Å². The standard InChI is InChI=1S/C32H34N4O5S/c1-5-34(6-2)31(38)27-20(3)33-32-36(29(27)28-23-10-8-7-9-21(23)11-13-24(28)39-4)30(37)25(42-32)19-22-12-14-26(41-22)35-15-17-40-18-16-35/h7-14,19,29H,5-6,15-18H2,1-4H3/b25-19+/t29-/m0/s1. The minimum atomic E-state index is -0.724. The Bertz CT molecular complexity index is 1860. The molecule has 4 aromatic rings. The van der Waals surface area contributed by atoms with Crippen LogP contribution in [0.1, 0.15) is 38.1 Å². The minimum Gasteiger partial charge on any atom is -0.496 e. The van der Waals surface area contributed by atoms with Gasteiger partial charge in [-0.25, -0.2) is 4.99 Å². The van der Waals surface area contributed by atoms with E-state index in [2.05, 4.69) is 4.90 Å². The molecule has 1 amide bonds. The van der Waals surface area contributed by atoms with Gasteiger partial charge < -0.3 is 23.7 Å². The van der Waals surface area contributed by atoms with Crippen molar-refractivity contribution in [3.63, 3.8) is 0 Å². The summed E-state index contributed by atoms with van der Waals surface area (Å²) in [6, 6.07) is 14.9. The Kier molecular flexibility index (Phi) is 7.74. The van der Waals surface area contributed by atoms with E-state index < -0.39 is 6.04 Å². The molecular weight excluding hydrogens is 552 g/mol. The molecule has 0 saturated carbocycles. The average molecular weight is 587 g/mol. The van der Waals surface area contributed by atoms with Crippen molar-refractivity contribution in [3.8, 4) is 5.75 Å². The zero-order valence-electron chi connectivity index (χ0n) is 24.3. The van der Waals surface area contributed by atoms with E-state index in [1.807, 2.05) is 69.3 Å². The molecule has 0 aliphatic carbocycles. The zero-order valence-corrected chi connectivity index (χ0v) is 25.1. The number of thiazole rings is 1. The van der Waals surface area contributed by atoms with Gasteiger partial charge in [0.05, 0.1) is 36.1 Å². The second-order valence-electron chi connectivity index (χ2n) is 10.2. The van der Waals surface area contributed by atoms with Crippen molar-refractivity contribution in [2.75, 3.05) is 51.4 Å². The molecule has 0 spiro atoms. The summed E-state index contributed by atoms with van der Waals surface area (Å²) in [6.45, 7) is 9.65. The molecule has 0 radical (unpaired) electrons. The molecule has 2 aliphatic heterocycles. The second kappa shape index (κ2) is 11.6. The number of benzene rings is 2. The maximum atomic E-state index is 14.3. The number of allylic oxidation sites excluding steroid dienone is 1. The molecule has 42 heavy (non-hydrogen) atoms. The Hall–Kier alpha value is -4.15. The van der Waals surface area contributed by atoms with Gasteiger partial charge in [-0.1, -0.05) is 41.7 Å². The number of carbonyl (C=O) groups is 1. The van der Waals surface area contributed by atoms with Gasteiger partial charge in [-0.3, -0.25) is 14.2 Å². The predicted molar refractivity (Wildman–Crippen MR) is 164 cm³/mol. The summed E-state index contributed by atoms with van der Waals surface area (Å²) in [7, 11) is 1.61. The summed E-state index contributed by atoms with van der Waals surface area (Å²) in [4.78, 5) is 37.6. The van der Waals surface area contributed by atoms with Crippen LogP contribution in [0.4, 0.5) is 5.88 Å². The Balaban J connectivity index is 1.56. The fourth-order valence-electron chi connectivity index (χ4n) is 5.79. The molecule has 1 fully saturated rings. The van der Waals surface area contributed by atoms with Gasteiger partial charge in [-0.2, -0.15) is 0 Å². The van der Waals surface area contributed by atoms with Crippen molar-refractivity contribution in [2.45, 2.75) is 26.8 Å². The lowest BCUT2D eigenvalue weighted by atomic mass is 9.90. The summed E-state index contributed by atoms with van der Waals surface area (Å²) in [6.07, 6.45) is 1.76. The maximum Gasteiger partial charge on any atom is 0.271 e. The van der Waals surface area contributed by atoms with Crippen molar-refractivity contribution < 1.29 is 18.7 Å². The number of hydrogen-bond acceptors (Lipinski definition) is 8. The third-order valence-corrected chi connectivity index (χ3v) is 8.92. The second-order valence-corrected chi connectivity index (χ2v) is 11.2. The van der Waals surface area contributed by atoms with Crippen LogP contribution < -0.4 is 24.5 Å². The fourth-order valence-corrected chi connectivity index (χ4v) is 6.81. The largest absolute Gasteiger partial charge is 0.496 e. The quantitative estimate of drug-likeness (QED) is 0.328. The van der Waals surface area contributed by atoms with E-state index in [-0.39, 0.29) is 11.5 Å². The van der Waals surface area contributed by atoms with Crippen LogP contribution in [0.3, 0.4) is 0 Å². The van der Waals surface area contributed by atoms with Crippen LogP contribution in [-0.2, 0) is 9.53 Å². The Labute approximate surface area is 247 Å². The van der Waals surface area contributed by atoms with Gasteiger partial charge in [-0.05, 0) is 43.7 Å². The highest BCUT2D eigenvalue weighted by atomic mass is 32.1. The molecule has 4 heterocycles. The molecule has 2 aromatic heterocycles. The smallest absolute Gasteiger partial charge is 0.271 e. The number of anilines is 1. The summed E-state index contributed by atoms with van der Waals surface area (Å²) < 4.78 is 19.6. The highest BCUT2D eigenvalue weighted by molar-refractivity contribution is 7.07. The van der Waals surface area contributed by atoms with Crippen LogP contribution in [0.15, 0.2) is 74.0 Å². The lowest BCUT2D eigenvalue weighted by molar-refractivity contribution is -0.127. The summed E-state index contributed by atoms with van der Waals surface area (Å²) in [5.74, 6) is 1.79. The number of amides is 1. The lowest BCUT2D eigenvalue weighted by Crippen LogP contribution is -2.43. The number of furan rings is 1. The number of aromatic nitrogens is 1. The molecule has 218 valence electrons. The molecule has 0 N–H and O–H groups in total. The number of nitrogens with zero attached hydrogens (tertiary/aromatic N) is 4. The molecule has 1 atom stereocenters. The van der Waals surface area contributed by atoms with Gasteiger partial charge >= 0.3 is 0 Å². The lowest BCUT2D eigenvalue weighted by Gasteiger charge is -2.30. The van der Waals surface area contributed by atoms with Gasteiger partial charge in [0.25, 0.3) is 11.5 Å². The maximum absolute atomic E-state index is 14.3. The number of ether oxygens (including phenoxy) is 2. The van der Waals surface area contributed by atoms with E-state index in [0.717, 1.165) is 35.3 Å². The number of methoxy groups -OCH3 is 1. The summed E-state index contributed by atoms with van der Waals surface area (Å²) in [5, 5.41) is 1.91. The minimum absolute atomic E-state index is 0.142. The molecule has 10 heteroatoms. The average Bonchev–Trinajstić information content (AvgIpc) is 3.61. The molecule has 6 rings (SSSR count). The van der Waals surface area contributed by atoms with E-state index >= 15 is 0 Å². The van der Waals surface area contributed by atoms with E-state index in [1.165, 1.54) is 11.3 Å². The van der Waals surface area contributed by atoms with Crippen LogP contribution in [0, 0.1) is 0 Å². The third kappa shape index (κ3) is 4.84. The van der Waals surface area contributed by atoms with Crippen molar-refractivity contribution in [1.29, 1.82) is 0 Å². The van der Waals surface area contributed by atoms with Gasteiger partial charge in [0, 0.05) is 43.9 Å². The first-order valence-electron chi connectivity index (χ1n) is 14.2. The van der Waals surface area contributed by atoms with E-state index in [9.17, 15) is 9.59 Å². The number of hydrogen-bond donors (Lipinski definition) is 0. The highest BCUT2D eigenvalue weighted by Gasteiger charge is 2.36. The Morgan fingerprint density at radius 3 is 2.62 bits per heavy atom. The first kappa shape index (κ1) is 28.0. The van der Waals surface area contributed by atoms with Crippen molar-refractivity contribution in [2.24, 2.45) is 4.99 Å². The van der Waals surface area contributed by atoms with Gasteiger partial charge in [0.1, 0.15) is 17.6 Å². The normalized spacial score (nSPS) is 17.4. The Morgan fingerprint density at radius 1 is 1.12 bits per heavy atom. The summed E-state index contributed by atoms with van der Waals surface area (Å²) in [5.41, 5.74) is 1.59. The number of morpholine rings is 1. The van der Waals surface area contributed by atoms with Crippen molar-refractivity contribution in [3.05, 3.63) is 90.8 Å². The van der Waals surface area contributed by atoms with Crippen molar-refractivity contribution in [1.82, 2.24) is 9.47 Å². The molecule has 2 aliphatic rings. The van der Waals surface area contributed by atoms with Crippen LogP contribution in [-0.4, -0.2) is 61.9 Å². The number of fused-ring (bicyclic) bond motifs is 2. The highest BCUT2D eigenvalue weighted by Crippen LogP contribution is 2.40. The van der Waals surface area contributed by atoms with Crippen molar-refractivity contribution >= 4 is 40.0 Å². The fraction of sp³-hybridized carbons (Fsp3) is 0.344. The number of rotatable bonds is 7. The molecule has 9 nitrogen and oxygen atoms in total. The topological polar surface area (TPSA) is 89.5 Å². The number of likely N-dealkylation sites (N-methyl/N-ethyl adjacent to an activating group) is 1. The monoisotopic (exact) mass is 586 g/mol. The van der Waals surface area contributed by atoms with Crippen LogP contribution in [0.25, 0.3) is 16.8 Å². The third-order valence-electron chi connectivity index (χ3n) is 7.94. The molecular formula is C32H34N4O5S. The van der Waals surface area contributed by atoms with Gasteiger partial charge in [0.2, 0.25) is 0 Å². The van der Waals surface area contributed by atoms with E-state index in [0.29, 0.717) is 58.4 Å². The predicted octanol–water partition coefficient (Wildman–Crippen LogP) is 3.70. The number of carbonyl (C=O) groups excluding carboxylic acids is 1. The zero-order chi connectivity index (χ0) is 29.4. The molecule has 1 saturated heterocycles. The van der Waals surface area contributed by atoms with Crippen LogP contribution >= 0.6 is 11.3 Å². The first-order valence-corrected chi connectivity index (χ1v) is 15.1.